The van der Waals surface area contributed by atoms with Gasteiger partial charge in [-0.3, -0.25) is 19.2 Å². The maximum absolute atomic E-state index is 16.1. The van der Waals surface area contributed by atoms with Crippen LogP contribution in [-0.2, 0) is 0 Å². The smallest absolute Gasteiger partial charge is 0.266 e. The number of para-hydroxylation sites is 2. The molecule has 20 aromatic carbocycles. The van der Waals surface area contributed by atoms with Crippen molar-refractivity contribution in [3.63, 3.8) is 0 Å². The van der Waals surface area contributed by atoms with Crippen molar-refractivity contribution in [2.45, 2.75) is 79.1 Å². The summed E-state index contributed by atoms with van der Waals surface area (Å²) in [7, 11) is 6.48. The molecule has 664 valence electrons. The number of amides is 4. The van der Waals surface area contributed by atoms with Gasteiger partial charge in [0, 0.05) is 64.3 Å². The molecule has 2 bridgehead atoms. The van der Waals surface area contributed by atoms with Crippen molar-refractivity contribution < 1.29 is 57.1 Å². The quantitative estimate of drug-likeness (QED) is 0.0406. The molecule has 0 saturated heterocycles. The maximum Gasteiger partial charge on any atom is 0.266 e. The van der Waals surface area contributed by atoms with E-state index in [1.165, 1.54) is 9.80 Å². The SMILES string of the molecule is COc1ccc(Oc2cc3c4c(cc(Oc5ccc(OC)cc5)c5c6ccc(-c7cc8cc9c(cc8cc7Cl)/C=C\c7cc(c8cc(-c%10ccc%11c%12c(Oc%13ccc(OC)cc%13)cc%13c%14c(cc(Oc%15ccc(OC)cc%15)c(c%15cccc%10c%15%11)c%14%12)C(=O)N(c%10c(C(C)C)cccc%10C(C)C)C%13=O)c(Cl)cc8c7)C=C9)c7cccc(c2c45)c76)C(=O)N(c2c(C(C)C)cccc2C(C)C)C3=O)cc1. The fraction of sp³-hybridized carbons (Fsp3) is 0.133. The summed E-state index contributed by atoms with van der Waals surface area (Å²) >= 11 is 15.6. The number of methoxy groups -OCH3 is 4. The molecule has 1 aliphatic carbocycles. The van der Waals surface area contributed by atoms with E-state index in [0.717, 1.165) is 131 Å². The monoisotopic (exact) mass is 1820 g/mol. The summed E-state index contributed by atoms with van der Waals surface area (Å²) in [6.07, 6.45) is 8.68. The van der Waals surface area contributed by atoms with Crippen molar-refractivity contribution in [1.29, 1.82) is 0 Å². The van der Waals surface area contributed by atoms with Crippen molar-refractivity contribution in [1.82, 2.24) is 0 Å². The number of carbonyl (C=O) groups is 4. The molecule has 0 saturated carbocycles. The molecule has 0 unspecified atom stereocenters. The largest absolute Gasteiger partial charge is 0.497 e. The second kappa shape index (κ2) is 32.6. The number of nitrogens with zero attached hydrogens (tertiary/aromatic N) is 2. The molecule has 2 heterocycles. The Morgan fingerprint density at radius 3 is 0.890 bits per heavy atom. The van der Waals surface area contributed by atoms with Gasteiger partial charge in [0.2, 0.25) is 0 Å². The molecule has 16 heteroatoms. The summed E-state index contributed by atoms with van der Waals surface area (Å²) in [5, 5.41) is 16.7. The van der Waals surface area contributed by atoms with Crippen molar-refractivity contribution in [2.75, 3.05) is 38.2 Å². The van der Waals surface area contributed by atoms with Crippen LogP contribution >= 0.6 is 23.2 Å². The third kappa shape index (κ3) is 13.4. The maximum atomic E-state index is 16.1. The van der Waals surface area contributed by atoms with Gasteiger partial charge in [-0.05, 0) is 314 Å². The minimum absolute atomic E-state index is 0.0398. The second-order valence-corrected chi connectivity index (χ2v) is 37.5. The number of rotatable bonds is 20. The molecular formula is C120H88Cl2N2O12. The highest BCUT2D eigenvalue weighted by molar-refractivity contribution is 6.47. The lowest BCUT2D eigenvalue weighted by Crippen LogP contribution is -2.42. The fourth-order valence-electron chi connectivity index (χ4n) is 21.1. The number of hydrogen-bond acceptors (Lipinski definition) is 12. The lowest BCUT2D eigenvalue weighted by molar-refractivity contribution is 0.0877. The Morgan fingerprint density at radius 1 is 0.235 bits per heavy atom. The van der Waals surface area contributed by atoms with E-state index in [1.807, 2.05) is 170 Å². The van der Waals surface area contributed by atoms with Crippen molar-refractivity contribution in [3.05, 3.63) is 344 Å². The summed E-state index contributed by atoms with van der Waals surface area (Å²) in [6.45, 7) is 16.6. The average molecular weight is 1820 g/mol. The minimum atomic E-state index is -0.464. The number of anilines is 2. The number of imide groups is 2. The van der Waals surface area contributed by atoms with Crippen LogP contribution in [0.1, 0.15) is 165 Å². The zero-order valence-electron chi connectivity index (χ0n) is 76.6. The molecule has 0 fully saturated rings. The highest BCUT2D eigenvalue weighted by Crippen LogP contribution is 2.59. The standard InChI is InChI=1S/C120H88Cl2N2O12/c1-61(2)80-17-13-18-81(62(3)4)115(80)123-117(125)95-57-101(133-76-37-29-72(129-9)30-38-76)109-88-23-15-21-86-84(45-47-90(105(86)88)111-103(59-97(119(123)127)107(95)113(109)111)135-78-41-33-74(131-11)34-42-78)93-53-69-51-67-27-28-68-49-65(25-26-66(67)52-70(69)54-99(93)121)50-71-55-100(122)94(56-92(68)71)85-46-48-91-106-87(85)22-16-24-89(106)110-102(134-77-39-31-73(130-10)32-40-77)58-96-108-98(60-104(112(91)114(108)110)136-79-43-35-75(132-12)36-44-79)120(128)124(118(96)126)116-82(63(5)6)19-14-20-83(116)64(7)8/h13-64H,1-12H3/b26-25-,28-27?. The number of ether oxygens (including phenoxy) is 8. The Labute approximate surface area is 794 Å². The average Bonchev–Trinajstić information content (AvgIpc) is 0.696. The van der Waals surface area contributed by atoms with E-state index in [2.05, 4.69) is 177 Å². The molecule has 0 aromatic heterocycles. The summed E-state index contributed by atoms with van der Waals surface area (Å²) in [5.74, 6) is 4.16. The zero-order valence-corrected chi connectivity index (χ0v) is 78.1. The van der Waals surface area contributed by atoms with Gasteiger partial charge in [-0.15, -0.1) is 0 Å². The highest BCUT2D eigenvalue weighted by atomic mass is 35.5. The Bertz CT molecular complexity index is 8330. The van der Waals surface area contributed by atoms with Crippen LogP contribution in [0.15, 0.2) is 267 Å². The van der Waals surface area contributed by atoms with Crippen LogP contribution in [0.4, 0.5) is 11.4 Å². The van der Waals surface area contributed by atoms with Crippen LogP contribution in [0, 0.1) is 0 Å². The van der Waals surface area contributed by atoms with Crippen molar-refractivity contribution in [2.24, 2.45) is 0 Å². The molecule has 0 spiro atoms. The van der Waals surface area contributed by atoms with Crippen LogP contribution in [0.2, 0.25) is 10.0 Å². The number of carbonyl (C=O) groups excluding carboxylic acids is 4. The van der Waals surface area contributed by atoms with Gasteiger partial charge in [0.05, 0.1) is 62.1 Å². The van der Waals surface area contributed by atoms with Gasteiger partial charge >= 0.3 is 0 Å². The molecule has 14 nitrogen and oxygen atoms in total. The first kappa shape index (κ1) is 84.5. The van der Waals surface area contributed by atoms with Gasteiger partial charge in [0.1, 0.15) is 69.0 Å². The van der Waals surface area contributed by atoms with E-state index in [1.54, 1.807) is 28.4 Å². The van der Waals surface area contributed by atoms with E-state index in [0.29, 0.717) is 156 Å². The molecule has 20 aromatic rings. The van der Waals surface area contributed by atoms with Crippen molar-refractivity contribution in [3.8, 4) is 91.2 Å². The Balaban J connectivity index is 0.674. The van der Waals surface area contributed by atoms with E-state index >= 15 is 19.2 Å². The molecule has 4 amide bonds. The fourth-order valence-corrected chi connectivity index (χ4v) is 21.7. The van der Waals surface area contributed by atoms with E-state index in [9.17, 15) is 0 Å². The van der Waals surface area contributed by atoms with Gasteiger partial charge in [-0.2, -0.15) is 0 Å². The number of hydrogen-bond donors (Lipinski definition) is 0. The zero-order chi connectivity index (χ0) is 93.4. The summed E-state index contributed by atoms with van der Waals surface area (Å²) in [5.41, 5.74) is 13.2. The van der Waals surface area contributed by atoms with Crippen LogP contribution in [0.3, 0.4) is 0 Å². The number of fused-ring (bicyclic) bond motifs is 10. The van der Waals surface area contributed by atoms with Gasteiger partial charge in [-0.1, -0.05) is 200 Å². The van der Waals surface area contributed by atoms with E-state index in [4.69, 9.17) is 61.1 Å². The van der Waals surface area contributed by atoms with Gasteiger partial charge in [0.25, 0.3) is 23.6 Å². The first-order chi connectivity index (χ1) is 66.0. The number of halogens is 2. The topological polar surface area (TPSA) is 149 Å². The third-order valence-corrected chi connectivity index (χ3v) is 28.2. The number of benzene rings is 20. The lowest BCUT2D eigenvalue weighted by Gasteiger charge is -2.33. The predicted molar refractivity (Wildman–Crippen MR) is 553 cm³/mol. The molecule has 136 heavy (non-hydrogen) atoms. The lowest BCUT2D eigenvalue weighted by atomic mass is 9.82. The summed E-state index contributed by atoms with van der Waals surface area (Å²) < 4.78 is 51.3. The van der Waals surface area contributed by atoms with Crippen LogP contribution in [-0.4, -0.2) is 52.1 Å². The van der Waals surface area contributed by atoms with E-state index < -0.39 is 23.6 Å². The minimum Gasteiger partial charge on any atom is -0.497 e. The third-order valence-electron chi connectivity index (χ3n) is 27.5. The normalized spacial score (nSPS) is 13.4. The first-order valence-electron chi connectivity index (χ1n) is 45.7. The molecule has 0 N–H and O–H groups in total. The molecular weight excluding hydrogens is 1730 g/mol. The molecule has 0 atom stereocenters. The van der Waals surface area contributed by atoms with Crippen LogP contribution in [0.25, 0.3) is 154 Å². The van der Waals surface area contributed by atoms with Gasteiger partial charge < -0.3 is 37.9 Å². The Hall–Kier alpha value is -15.7. The van der Waals surface area contributed by atoms with Crippen LogP contribution in [0.5, 0.6) is 69.0 Å². The highest BCUT2D eigenvalue weighted by Gasteiger charge is 2.44. The van der Waals surface area contributed by atoms with E-state index in [-0.39, 0.29) is 23.7 Å². The molecule has 23 rings (SSSR count). The Kier molecular flexibility index (Phi) is 20.2. The second-order valence-electron chi connectivity index (χ2n) is 36.6. The summed E-state index contributed by atoms with van der Waals surface area (Å²) in [4.78, 5) is 67.1. The van der Waals surface area contributed by atoms with Gasteiger partial charge in [-0.25, -0.2) is 9.80 Å². The molecule has 2 aliphatic heterocycles. The first-order valence-corrected chi connectivity index (χ1v) is 46.5. The predicted octanol–water partition coefficient (Wildman–Crippen LogP) is 32.7. The molecule has 3 aliphatic rings. The van der Waals surface area contributed by atoms with Crippen molar-refractivity contribution >= 4 is 190 Å². The summed E-state index contributed by atoms with van der Waals surface area (Å²) in [6, 6.07) is 87.1. The van der Waals surface area contributed by atoms with Crippen LogP contribution < -0.4 is 47.7 Å². The van der Waals surface area contributed by atoms with Gasteiger partial charge in [0.15, 0.2) is 0 Å². The Morgan fingerprint density at radius 2 is 0.537 bits per heavy atom. The molecule has 0 radical (unpaired) electrons.